The van der Waals surface area contributed by atoms with Gasteiger partial charge in [-0.3, -0.25) is 4.79 Å². The highest BCUT2D eigenvalue weighted by Crippen LogP contribution is 2.25. The summed E-state index contributed by atoms with van der Waals surface area (Å²) in [5.41, 5.74) is 0.939. The molecule has 7 heteroatoms. The molecule has 26 heavy (non-hydrogen) atoms. The summed E-state index contributed by atoms with van der Waals surface area (Å²) in [6, 6.07) is 2.44. The van der Waals surface area contributed by atoms with Gasteiger partial charge < -0.3 is 10.2 Å². The van der Waals surface area contributed by atoms with Crippen LogP contribution >= 0.6 is 0 Å². The van der Waals surface area contributed by atoms with E-state index in [-0.39, 0.29) is 11.8 Å². The Morgan fingerprint density at radius 2 is 1.85 bits per heavy atom. The van der Waals surface area contributed by atoms with E-state index in [0.29, 0.717) is 11.8 Å². The summed E-state index contributed by atoms with van der Waals surface area (Å²) < 4.78 is 1.79. The summed E-state index contributed by atoms with van der Waals surface area (Å²) in [6.45, 7) is 3.70. The van der Waals surface area contributed by atoms with Gasteiger partial charge in [-0.15, -0.1) is 0 Å². The molecule has 2 aromatic heterocycles. The first-order valence-corrected chi connectivity index (χ1v) is 9.93. The maximum Gasteiger partial charge on any atom is 0.254 e. The molecule has 0 bridgehead atoms. The smallest absolute Gasteiger partial charge is 0.254 e. The van der Waals surface area contributed by atoms with Gasteiger partial charge in [0, 0.05) is 36.8 Å². The summed E-state index contributed by atoms with van der Waals surface area (Å²) >= 11 is 0. The average Bonchev–Trinajstić information content (AvgIpc) is 2.97. The zero-order valence-corrected chi connectivity index (χ0v) is 15.5. The lowest BCUT2D eigenvalue weighted by atomic mass is 9.95. The molecule has 2 aliphatic rings. The molecule has 1 aliphatic heterocycles. The maximum absolute atomic E-state index is 12.7. The van der Waals surface area contributed by atoms with Crippen LogP contribution in [0, 0.1) is 12.8 Å². The molecule has 0 atom stereocenters. The summed E-state index contributed by atoms with van der Waals surface area (Å²) in [7, 11) is 0. The number of carbonyl (C=O) groups is 1. The topological polar surface area (TPSA) is 75.4 Å². The Morgan fingerprint density at radius 1 is 1.12 bits per heavy atom. The van der Waals surface area contributed by atoms with Crippen LogP contribution in [-0.4, -0.2) is 44.6 Å². The molecular formula is C19H28N6O. The second-order valence-corrected chi connectivity index (χ2v) is 7.69. The first-order valence-electron chi connectivity index (χ1n) is 9.93. The van der Waals surface area contributed by atoms with Crippen LogP contribution in [0.4, 0.5) is 5.82 Å². The molecule has 0 radical (unpaired) electrons. The lowest BCUT2D eigenvalue weighted by Crippen LogP contribution is -2.44. The van der Waals surface area contributed by atoms with Gasteiger partial charge in [0.1, 0.15) is 12.1 Å². The SMILES string of the molecule is Cc1cc(N2CCC(C(=O)NC3CCCCCC3)CC2)n2ncnc2n1. The van der Waals surface area contributed by atoms with Gasteiger partial charge in [0.15, 0.2) is 0 Å². The Balaban J connectivity index is 1.37. The highest BCUT2D eigenvalue weighted by atomic mass is 16.1. The van der Waals surface area contributed by atoms with E-state index in [1.54, 1.807) is 4.52 Å². The molecule has 1 aliphatic carbocycles. The number of anilines is 1. The Morgan fingerprint density at radius 3 is 2.58 bits per heavy atom. The van der Waals surface area contributed by atoms with Gasteiger partial charge in [0.2, 0.25) is 5.91 Å². The summed E-state index contributed by atoms with van der Waals surface area (Å²) in [5, 5.41) is 7.62. The number of piperidine rings is 1. The van der Waals surface area contributed by atoms with E-state index in [2.05, 4.69) is 25.3 Å². The number of nitrogens with zero attached hydrogens (tertiary/aromatic N) is 5. The quantitative estimate of drug-likeness (QED) is 0.855. The van der Waals surface area contributed by atoms with Crippen LogP contribution < -0.4 is 10.2 Å². The minimum atomic E-state index is 0.128. The van der Waals surface area contributed by atoms with E-state index in [9.17, 15) is 4.79 Å². The molecule has 4 rings (SSSR count). The number of rotatable bonds is 3. The number of amides is 1. The lowest BCUT2D eigenvalue weighted by Gasteiger charge is -2.33. The van der Waals surface area contributed by atoms with E-state index in [0.717, 1.165) is 50.3 Å². The Hall–Kier alpha value is -2.18. The van der Waals surface area contributed by atoms with Gasteiger partial charge >= 0.3 is 0 Å². The van der Waals surface area contributed by atoms with Crippen LogP contribution in [0.3, 0.4) is 0 Å². The molecule has 1 N–H and O–H groups in total. The Bertz CT molecular complexity index is 756. The molecule has 2 aromatic rings. The van der Waals surface area contributed by atoms with Crippen molar-refractivity contribution in [3.8, 4) is 0 Å². The van der Waals surface area contributed by atoms with E-state index in [1.807, 2.05) is 13.0 Å². The van der Waals surface area contributed by atoms with Crippen molar-refractivity contribution in [2.45, 2.75) is 64.3 Å². The second kappa shape index (κ2) is 7.60. The number of hydrogen-bond acceptors (Lipinski definition) is 5. The molecular weight excluding hydrogens is 328 g/mol. The highest BCUT2D eigenvalue weighted by molar-refractivity contribution is 5.79. The number of nitrogens with one attached hydrogen (secondary N) is 1. The largest absolute Gasteiger partial charge is 0.356 e. The number of carbonyl (C=O) groups excluding carboxylic acids is 1. The molecule has 7 nitrogen and oxygen atoms in total. The predicted molar refractivity (Wildman–Crippen MR) is 100 cm³/mol. The number of aryl methyl sites for hydroxylation is 1. The molecule has 1 amide bonds. The third-order valence-electron chi connectivity index (χ3n) is 5.75. The molecule has 0 spiro atoms. The van der Waals surface area contributed by atoms with Crippen molar-refractivity contribution < 1.29 is 4.79 Å². The molecule has 0 unspecified atom stereocenters. The number of hydrogen-bond donors (Lipinski definition) is 1. The first kappa shape index (κ1) is 17.2. The highest BCUT2D eigenvalue weighted by Gasteiger charge is 2.28. The Kier molecular flexibility index (Phi) is 5.04. The fourth-order valence-electron chi connectivity index (χ4n) is 4.25. The monoisotopic (exact) mass is 356 g/mol. The maximum atomic E-state index is 12.7. The second-order valence-electron chi connectivity index (χ2n) is 7.69. The van der Waals surface area contributed by atoms with Crippen molar-refractivity contribution in [2.75, 3.05) is 18.0 Å². The fraction of sp³-hybridized carbons (Fsp3) is 0.684. The minimum absolute atomic E-state index is 0.128. The average molecular weight is 356 g/mol. The standard InChI is InChI=1S/C19H28N6O/c1-14-12-17(25-19(22-14)20-13-21-25)24-10-8-15(9-11-24)18(26)23-16-6-4-2-3-5-7-16/h12-13,15-16H,2-11H2,1H3,(H,23,26). The zero-order valence-electron chi connectivity index (χ0n) is 15.5. The van der Waals surface area contributed by atoms with Crippen molar-refractivity contribution >= 4 is 17.5 Å². The van der Waals surface area contributed by atoms with Gasteiger partial charge in [-0.25, -0.2) is 4.98 Å². The number of fused-ring (bicyclic) bond motifs is 1. The predicted octanol–water partition coefficient (Wildman–Crippen LogP) is 2.49. The third-order valence-corrected chi connectivity index (χ3v) is 5.75. The normalized spacial score (nSPS) is 20.3. The molecule has 0 aromatic carbocycles. The molecule has 3 heterocycles. The van der Waals surface area contributed by atoms with Crippen LogP contribution in [0.2, 0.25) is 0 Å². The molecule has 140 valence electrons. The van der Waals surface area contributed by atoms with Gasteiger partial charge in [-0.05, 0) is 32.6 Å². The van der Waals surface area contributed by atoms with Gasteiger partial charge in [-0.2, -0.15) is 14.6 Å². The molecule has 1 saturated heterocycles. The van der Waals surface area contributed by atoms with Crippen molar-refractivity contribution in [1.29, 1.82) is 0 Å². The van der Waals surface area contributed by atoms with Crippen molar-refractivity contribution in [1.82, 2.24) is 24.9 Å². The van der Waals surface area contributed by atoms with Crippen molar-refractivity contribution in [3.63, 3.8) is 0 Å². The van der Waals surface area contributed by atoms with E-state index in [1.165, 1.54) is 32.0 Å². The number of aromatic nitrogens is 4. The van der Waals surface area contributed by atoms with E-state index in [4.69, 9.17) is 0 Å². The van der Waals surface area contributed by atoms with Gasteiger partial charge in [0.05, 0.1) is 0 Å². The van der Waals surface area contributed by atoms with E-state index >= 15 is 0 Å². The van der Waals surface area contributed by atoms with Crippen molar-refractivity contribution in [2.24, 2.45) is 5.92 Å². The summed E-state index contributed by atoms with van der Waals surface area (Å²) in [5.74, 6) is 2.04. The molecule has 1 saturated carbocycles. The lowest BCUT2D eigenvalue weighted by molar-refractivity contribution is -0.126. The fourth-order valence-corrected chi connectivity index (χ4v) is 4.25. The van der Waals surface area contributed by atoms with Crippen LogP contribution in [-0.2, 0) is 4.79 Å². The minimum Gasteiger partial charge on any atom is -0.356 e. The van der Waals surface area contributed by atoms with Gasteiger partial charge in [-0.1, -0.05) is 25.7 Å². The molecule has 2 fully saturated rings. The van der Waals surface area contributed by atoms with Crippen LogP contribution in [0.1, 0.15) is 57.1 Å². The zero-order chi connectivity index (χ0) is 17.9. The summed E-state index contributed by atoms with van der Waals surface area (Å²) in [4.78, 5) is 23.6. The van der Waals surface area contributed by atoms with Gasteiger partial charge in [0.25, 0.3) is 5.78 Å². The van der Waals surface area contributed by atoms with Crippen molar-refractivity contribution in [3.05, 3.63) is 18.1 Å². The summed E-state index contributed by atoms with van der Waals surface area (Å²) in [6.07, 6.45) is 10.7. The van der Waals surface area contributed by atoms with Crippen LogP contribution in [0.5, 0.6) is 0 Å². The third kappa shape index (κ3) is 3.66. The Labute approximate surface area is 154 Å². The van der Waals surface area contributed by atoms with E-state index < -0.39 is 0 Å². The van der Waals surface area contributed by atoms with Crippen LogP contribution in [0.25, 0.3) is 5.78 Å². The van der Waals surface area contributed by atoms with Crippen LogP contribution in [0.15, 0.2) is 12.4 Å². The first-order chi connectivity index (χ1) is 12.7.